The molecule has 10 heteroatoms. The van der Waals surface area contributed by atoms with Gasteiger partial charge in [-0.2, -0.15) is 5.10 Å². The van der Waals surface area contributed by atoms with E-state index in [4.69, 9.17) is 15.2 Å². The van der Waals surface area contributed by atoms with Gasteiger partial charge < -0.3 is 15.2 Å². The van der Waals surface area contributed by atoms with Crippen molar-refractivity contribution in [2.75, 3.05) is 13.7 Å². The quantitative estimate of drug-likeness (QED) is 0.575. The maximum Gasteiger partial charge on any atom is 0.269 e. The van der Waals surface area contributed by atoms with Crippen molar-refractivity contribution in [3.05, 3.63) is 41.2 Å². The van der Waals surface area contributed by atoms with Crippen LogP contribution in [0.3, 0.4) is 0 Å². The molecule has 1 aromatic heterocycles. The Balaban J connectivity index is 1.95. The summed E-state index contributed by atoms with van der Waals surface area (Å²) in [6.07, 6.45) is 0. The van der Waals surface area contributed by atoms with Crippen LogP contribution in [-0.2, 0) is 16.1 Å². The Morgan fingerprint density at radius 3 is 2.48 bits per heavy atom. The molecule has 0 saturated heterocycles. The molecule has 0 bridgehead atoms. The van der Waals surface area contributed by atoms with Gasteiger partial charge in [0.05, 0.1) is 12.8 Å². The zero-order valence-electron chi connectivity index (χ0n) is 15.2. The van der Waals surface area contributed by atoms with E-state index in [1.54, 1.807) is 0 Å². The van der Waals surface area contributed by atoms with Gasteiger partial charge in [-0.05, 0) is 38.1 Å². The molecule has 2 aromatic rings. The van der Waals surface area contributed by atoms with E-state index in [0.717, 1.165) is 11.4 Å². The molecule has 0 fully saturated rings. The van der Waals surface area contributed by atoms with Gasteiger partial charge in [0.1, 0.15) is 6.54 Å². The minimum absolute atomic E-state index is 0.0246. The fourth-order valence-electron chi connectivity index (χ4n) is 2.29. The molecule has 2 rings (SSSR count). The summed E-state index contributed by atoms with van der Waals surface area (Å²) in [7, 11) is 1.39. The molecule has 3 amide bonds. The molecule has 0 aliphatic carbocycles. The van der Waals surface area contributed by atoms with E-state index in [0.29, 0.717) is 0 Å². The Morgan fingerprint density at radius 1 is 1.15 bits per heavy atom. The van der Waals surface area contributed by atoms with Crippen LogP contribution in [0.4, 0.5) is 0 Å². The summed E-state index contributed by atoms with van der Waals surface area (Å²) >= 11 is 0. The number of carbonyl (C=O) groups excluding carboxylic acids is 3. The lowest BCUT2D eigenvalue weighted by atomic mass is 10.2. The number of amides is 3. The highest BCUT2D eigenvalue weighted by molar-refractivity contribution is 5.96. The molecule has 0 aliphatic rings. The van der Waals surface area contributed by atoms with E-state index in [1.165, 1.54) is 30.0 Å². The largest absolute Gasteiger partial charge is 0.493 e. The van der Waals surface area contributed by atoms with Crippen molar-refractivity contribution in [1.29, 1.82) is 0 Å². The fourth-order valence-corrected chi connectivity index (χ4v) is 2.29. The average Bonchev–Trinajstić information content (AvgIpc) is 2.94. The van der Waals surface area contributed by atoms with Crippen molar-refractivity contribution in [2.24, 2.45) is 5.73 Å². The second-order valence-corrected chi connectivity index (χ2v) is 5.71. The van der Waals surface area contributed by atoms with Gasteiger partial charge in [0, 0.05) is 11.3 Å². The number of ether oxygens (including phenoxy) is 2. The molecule has 1 heterocycles. The van der Waals surface area contributed by atoms with Crippen LogP contribution in [0.25, 0.3) is 0 Å². The number of rotatable bonds is 7. The highest BCUT2D eigenvalue weighted by Crippen LogP contribution is 2.27. The van der Waals surface area contributed by atoms with Crippen LogP contribution in [-0.4, -0.2) is 41.2 Å². The topological polar surface area (TPSA) is 138 Å². The number of nitrogens with zero attached hydrogens (tertiary/aromatic N) is 2. The van der Waals surface area contributed by atoms with Gasteiger partial charge in [-0.1, -0.05) is 0 Å². The van der Waals surface area contributed by atoms with Gasteiger partial charge in [-0.15, -0.1) is 0 Å². The summed E-state index contributed by atoms with van der Waals surface area (Å²) in [6.45, 7) is 3.32. The standard InChI is InChI=1S/C17H21N5O5/c1-10-6-11(2)22(21-10)8-16(24)19-20-17(25)12-4-5-13(14(7-12)26-3)27-9-15(18)23/h4-7H,8-9H2,1-3H3,(H2,18,23)(H,19,24)(H,20,25). The van der Waals surface area contributed by atoms with Crippen LogP contribution in [0.5, 0.6) is 11.5 Å². The molecule has 144 valence electrons. The molecule has 27 heavy (non-hydrogen) atoms. The fraction of sp³-hybridized carbons (Fsp3) is 0.294. The van der Waals surface area contributed by atoms with Crippen molar-refractivity contribution in [2.45, 2.75) is 20.4 Å². The maximum absolute atomic E-state index is 12.2. The van der Waals surface area contributed by atoms with Crippen LogP contribution in [0, 0.1) is 13.8 Å². The lowest BCUT2D eigenvalue weighted by Gasteiger charge is -2.12. The van der Waals surface area contributed by atoms with Crippen LogP contribution in [0.2, 0.25) is 0 Å². The lowest BCUT2D eigenvalue weighted by Crippen LogP contribution is -2.43. The van der Waals surface area contributed by atoms with Crippen molar-refractivity contribution in [3.8, 4) is 11.5 Å². The van der Waals surface area contributed by atoms with Crippen molar-refractivity contribution < 1.29 is 23.9 Å². The smallest absolute Gasteiger partial charge is 0.269 e. The highest BCUT2D eigenvalue weighted by atomic mass is 16.5. The van der Waals surface area contributed by atoms with Crippen LogP contribution >= 0.6 is 0 Å². The summed E-state index contributed by atoms with van der Waals surface area (Å²) in [4.78, 5) is 35.0. The number of aryl methyl sites for hydroxylation is 2. The molecule has 0 saturated carbocycles. The number of methoxy groups -OCH3 is 1. The first kappa shape index (κ1) is 19.8. The van der Waals surface area contributed by atoms with E-state index in [2.05, 4.69) is 16.0 Å². The second kappa shape index (κ2) is 8.70. The first-order chi connectivity index (χ1) is 12.8. The number of hydrazine groups is 1. The van der Waals surface area contributed by atoms with Gasteiger partial charge in [0.2, 0.25) is 0 Å². The first-order valence-corrected chi connectivity index (χ1v) is 7.99. The number of nitrogens with two attached hydrogens (primary N) is 1. The highest BCUT2D eigenvalue weighted by Gasteiger charge is 2.13. The molecular formula is C17H21N5O5. The molecule has 4 N–H and O–H groups in total. The van der Waals surface area contributed by atoms with E-state index < -0.39 is 17.7 Å². The van der Waals surface area contributed by atoms with Gasteiger partial charge in [0.25, 0.3) is 17.7 Å². The van der Waals surface area contributed by atoms with E-state index in [9.17, 15) is 14.4 Å². The van der Waals surface area contributed by atoms with Crippen molar-refractivity contribution in [1.82, 2.24) is 20.6 Å². The summed E-state index contributed by atoms with van der Waals surface area (Å²) in [6, 6.07) is 6.19. The first-order valence-electron chi connectivity index (χ1n) is 7.99. The minimum atomic E-state index is -0.635. The van der Waals surface area contributed by atoms with Gasteiger partial charge >= 0.3 is 0 Å². The molecular weight excluding hydrogens is 354 g/mol. The number of primary amides is 1. The Morgan fingerprint density at radius 2 is 1.89 bits per heavy atom. The average molecular weight is 375 g/mol. The maximum atomic E-state index is 12.2. The molecule has 10 nitrogen and oxygen atoms in total. The third-order valence-electron chi connectivity index (χ3n) is 3.51. The Kier molecular flexibility index (Phi) is 6.36. The number of aromatic nitrogens is 2. The predicted octanol–water partition coefficient (Wildman–Crippen LogP) is -0.166. The number of carbonyl (C=O) groups is 3. The van der Waals surface area contributed by atoms with Crippen LogP contribution < -0.4 is 26.1 Å². The van der Waals surface area contributed by atoms with Crippen LogP contribution in [0.1, 0.15) is 21.7 Å². The zero-order chi connectivity index (χ0) is 20.0. The van der Waals surface area contributed by atoms with Gasteiger partial charge in [-0.3, -0.25) is 29.9 Å². The second-order valence-electron chi connectivity index (χ2n) is 5.71. The van der Waals surface area contributed by atoms with Gasteiger partial charge in [0.15, 0.2) is 18.1 Å². The molecule has 1 aromatic carbocycles. The SMILES string of the molecule is COc1cc(C(=O)NNC(=O)Cn2nc(C)cc2C)ccc1OCC(N)=O. The van der Waals surface area contributed by atoms with E-state index >= 15 is 0 Å². The number of hydrogen-bond donors (Lipinski definition) is 3. The Bertz CT molecular complexity index is 861. The van der Waals surface area contributed by atoms with Crippen LogP contribution in [0.15, 0.2) is 24.3 Å². The Labute approximate surface area is 155 Å². The van der Waals surface area contributed by atoms with E-state index in [-0.39, 0.29) is 30.2 Å². The third kappa shape index (κ3) is 5.46. The van der Waals surface area contributed by atoms with Gasteiger partial charge in [-0.25, -0.2) is 0 Å². The molecule has 0 unspecified atom stereocenters. The lowest BCUT2D eigenvalue weighted by molar-refractivity contribution is -0.122. The molecule has 0 radical (unpaired) electrons. The zero-order valence-corrected chi connectivity index (χ0v) is 15.2. The normalized spacial score (nSPS) is 10.2. The molecule has 0 aliphatic heterocycles. The summed E-state index contributed by atoms with van der Waals surface area (Å²) in [5.41, 5.74) is 11.5. The monoisotopic (exact) mass is 375 g/mol. The number of hydrogen-bond acceptors (Lipinski definition) is 6. The molecule has 0 spiro atoms. The van der Waals surface area contributed by atoms with Crippen molar-refractivity contribution in [3.63, 3.8) is 0 Å². The number of benzene rings is 1. The number of nitrogens with one attached hydrogen (secondary N) is 2. The molecule has 0 atom stereocenters. The predicted molar refractivity (Wildman–Crippen MR) is 95.0 cm³/mol. The Hall–Kier alpha value is -3.56. The minimum Gasteiger partial charge on any atom is -0.493 e. The summed E-state index contributed by atoms with van der Waals surface area (Å²) < 4.78 is 11.9. The third-order valence-corrected chi connectivity index (χ3v) is 3.51. The van der Waals surface area contributed by atoms with Crippen molar-refractivity contribution >= 4 is 17.7 Å². The summed E-state index contributed by atoms with van der Waals surface area (Å²) in [5, 5.41) is 4.18. The summed E-state index contributed by atoms with van der Waals surface area (Å²) in [5.74, 6) is -1.09. The van der Waals surface area contributed by atoms with E-state index in [1.807, 2.05) is 19.9 Å².